The fraction of sp³-hybridized carbons (Fsp3) is 0.350. The number of nitrogens with one attached hydrogen (secondary N) is 1. The van der Waals surface area contributed by atoms with Crippen molar-refractivity contribution in [3.63, 3.8) is 0 Å². The summed E-state index contributed by atoms with van der Waals surface area (Å²) in [6, 6.07) is 8.98. The molecule has 0 bridgehead atoms. The summed E-state index contributed by atoms with van der Waals surface area (Å²) in [5, 5.41) is 3.07. The molecule has 0 fully saturated rings. The van der Waals surface area contributed by atoms with E-state index in [1.54, 1.807) is 12.1 Å². The van der Waals surface area contributed by atoms with E-state index >= 15 is 0 Å². The van der Waals surface area contributed by atoms with Gasteiger partial charge in [0, 0.05) is 5.56 Å². The molecule has 0 saturated carbocycles. The Morgan fingerprint density at radius 2 is 1.88 bits per heavy atom. The fourth-order valence-electron chi connectivity index (χ4n) is 2.70. The van der Waals surface area contributed by atoms with Gasteiger partial charge in [0.05, 0.1) is 12.8 Å². The molecule has 5 heteroatoms. The van der Waals surface area contributed by atoms with Crippen LogP contribution in [0.15, 0.2) is 30.3 Å². The molecule has 0 radical (unpaired) electrons. The summed E-state index contributed by atoms with van der Waals surface area (Å²) in [5.41, 5.74) is 4.58. The van der Waals surface area contributed by atoms with Gasteiger partial charge in [-0.15, -0.1) is 0 Å². The number of ether oxygens (including phenoxy) is 2. The molecule has 1 N–H and O–H groups in total. The first-order valence-electron chi connectivity index (χ1n) is 8.37. The molecule has 0 aliphatic heterocycles. The Morgan fingerprint density at radius 1 is 1.16 bits per heavy atom. The number of anilines is 1. The number of halogens is 1. The van der Waals surface area contributed by atoms with E-state index in [-0.39, 0.29) is 17.6 Å². The van der Waals surface area contributed by atoms with Gasteiger partial charge < -0.3 is 14.8 Å². The highest BCUT2D eigenvalue weighted by atomic mass is 32.1. The average molecular weight is 361 g/mol. The maximum atomic E-state index is 14.3. The van der Waals surface area contributed by atoms with Crippen molar-refractivity contribution in [3.8, 4) is 5.75 Å². The smallest absolute Gasteiger partial charge is 0.260 e. The second-order valence-corrected chi connectivity index (χ2v) is 6.14. The minimum Gasteiger partial charge on any atom is -0.488 e. The Bertz CT molecular complexity index is 762. The van der Waals surface area contributed by atoms with Crippen LogP contribution in [0.4, 0.5) is 10.1 Å². The van der Waals surface area contributed by atoms with Crippen molar-refractivity contribution in [1.29, 1.82) is 0 Å². The minimum atomic E-state index is -0.344. The Hall–Kier alpha value is -2.14. The molecule has 134 valence electrons. The predicted octanol–water partition coefficient (Wildman–Crippen LogP) is 5.18. The first kappa shape index (κ1) is 19.2. The summed E-state index contributed by atoms with van der Waals surface area (Å²) in [6.07, 6.45) is 1.84. The lowest BCUT2D eigenvalue weighted by atomic mass is 10.0. The Morgan fingerprint density at radius 3 is 2.52 bits per heavy atom. The largest absolute Gasteiger partial charge is 0.488 e. The summed E-state index contributed by atoms with van der Waals surface area (Å²) < 4.78 is 25.2. The monoisotopic (exact) mass is 361 g/mol. The van der Waals surface area contributed by atoms with E-state index in [0.717, 1.165) is 24.2 Å². The molecule has 0 saturated heterocycles. The number of hydrogen-bond acceptors (Lipinski definition) is 3. The van der Waals surface area contributed by atoms with Crippen molar-refractivity contribution in [1.82, 2.24) is 0 Å². The lowest BCUT2D eigenvalue weighted by Gasteiger charge is -2.17. The summed E-state index contributed by atoms with van der Waals surface area (Å²) in [7, 11) is 1.47. The summed E-state index contributed by atoms with van der Waals surface area (Å²) >= 11 is 5.01. The van der Waals surface area contributed by atoms with Gasteiger partial charge in [-0.25, -0.2) is 4.39 Å². The maximum absolute atomic E-state index is 14.3. The van der Waals surface area contributed by atoms with Crippen LogP contribution in [-0.4, -0.2) is 12.3 Å². The van der Waals surface area contributed by atoms with Gasteiger partial charge in [0.25, 0.3) is 5.17 Å². The normalized spacial score (nSPS) is 10.4. The van der Waals surface area contributed by atoms with E-state index in [1.165, 1.54) is 24.3 Å². The van der Waals surface area contributed by atoms with E-state index in [0.29, 0.717) is 11.3 Å². The van der Waals surface area contributed by atoms with Crippen LogP contribution < -0.4 is 10.1 Å². The van der Waals surface area contributed by atoms with Crippen LogP contribution in [0.2, 0.25) is 0 Å². The molecule has 0 aliphatic carbocycles. The number of benzene rings is 2. The number of aryl methyl sites for hydroxylation is 3. The molecule has 0 aliphatic rings. The molecule has 0 heterocycles. The topological polar surface area (TPSA) is 30.5 Å². The van der Waals surface area contributed by atoms with Crippen LogP contribution in [0.1, 0.15) is 36.1 Å². The van der Waals surface area contributed by atoms with Crippen LogP contribution in [0.25, 0.3) is 0 Å². The second kappa shape index (κ2) is 8.81. The van der Waals surface area contributed by atoms with E-state index in [9.17, 15) is 4.39 Å². The van der Waals surface area contributed by atoms with Crippen molar-refractivity contribution in [2.24, 2.45) is 0 Å². The Labute approximate surface area is 154 Å². The highest BCUT2D eigenvalue weighted by molar-refractivity contribution is 7.80. The molecule has 2 aromatic carbocycles. The van der Waals surface area contributed by atoms with Gasteiger partial charge in [0.1, 0.15) is 18.2 Å². The van der Waals surface area contributed by atoms with Gasteiger partial charge in [-0.1, -0.05) is 26.0 Å². The van der Waals surface area contributed by atoms with Gasteiger partial charge >= 0.3 is 0 Å². The van der Waals surface area contributed by atoms with Crippen LogP contribution in [-0.2, 0) is 24.2 Å². The zero-order valence-corrected chi connectivity index (χ0v) is 15.9. The van der Waals surface area contributed by atoms with Gasteiger partial charge in [0.2, 0.25) is 0 Å². The zero-order valence-electron chi connectivity index (χ0n) is 15.1. The van der Waals surface area contributed by atoms with Gasteiger partial charge in [0.15, 0.2) is 0 Å². The summed E-state index contributed by atoms with van der Waals surface area (Å²) in [5.74, 6) is 0.449. The minimum absolute atomic E-state index is 0.110. The highest BCUT2D eigenvalue weighted by Crippen LogP contribution is 2.27. The second-order valence-electron chi connectivity index (χ2n) is 5.76. The molecule has 2 rings (SSSR count). The number of methoxy groups -OCH3 is 1. The SMILES string of the molecule is CCc1cc(CC)c(OCc2c(F)cccc2NC(=S)OC)cc1C. The van der Waals surface area contributed by atoms with Crippen molar-refractivity contribution in [2.75, 3.05) is 12.4 Å². The van der Waals surface area contributed by atoms with Crippen LogP contribution in [0.5, 0.6) is 5.75 Å². The number of thiocarbonyl (C=S) groups is 1. The zero-order chi connectivity index (χ0) is 18.4. The third kappa shape index (κ3) is 4.69. The molecule has 0 atom stereocenters. The third-order valence-electron chi connectivity index (χ3n) is 4.19. The van der Waals surface area contributed by atoms with Crippen LogP contribution in [0.3, 0.4) is 0 Å². The molecule has 3 nitrogen and oxygen atoms in total. The van der Waals surface area contributed by atoms with Gasteiger partial charge in [-0.05, 0) is 66.9 Å². The molecular formula is C20H24FNO2S. The van der Waals surface area contributed by atoms with E-state index in [2.05, 4.69) is 32.2 Å². The van der Waals surface area contributed by atoms with Crippen molar-refractivity contribution >= 4 is 23.1 Å². The standard InChI is InChI=1S/C20H24FNO2S/c1-5-14-11-15(6-2)19(10-13(14)3)24-12-16-17(21)8-7-9-18(16)22-20(25)23-4/h7-11H,5-6,12H2,1-4H3,(H,22,25). The maximum Gasteiger partial charge on any atom is 0.260 e. The lowest BCUT2D eigenvalue weighted by Crippen LogP contribution is -2.14. The average Bonchev–Trinajstić information content (AvgIpc) is 2.61. The molecule has 25 heavy (non-hydrogen) atoms. The number of hydrogen-bond donors (Lipinski definition) is 1. The fourth-order valence-corrected chi connectivity index (χ4v) is 2.81. The number of rotatable bonds is 6. The highest BCUT2D eigenvalue weighted by Gasteiger charge is 2.13. The summed E-state index contributed by atoms with van der Waals surface area (Å²) in [6.45, 7) is 6.40. The Balaban J connectivity index is 2.27. The van der Waals surface area contributed by atoms with Crippen molar-refractivity contribution in [3.05, 3.63) is 58.4 Å². The van der Waals surface area contributed by atoms with Crippen molar-refractivity contribution < 1.29 is 13.9 Å². The van der Waals surface area contributed by atoms with E-state index in [4.69, 9.17) is 21.7 Å². The van der Waals surface area contributed by atoms with E-state index in [1.807, 2.05) is 6.07 Å². The Kier molecular flexibility index (Phi) is 6.76. The molecule has 0 aromatic heterocycles. The predicted molar refractivity (Wildman–Crippen MR) is 104 cm³/mol. The van der Waals surface area contributed by atoms with Crippen molar-refractivity contribution in [2.45, 2.75) is 40.2 Å². The van der Waals surface area contributed by atoms with Crippen LogP contribution >= 0.6 is 12.2 Å². The summed E-state index contributed by atoms with van der Waals surface area (Å²) in [4.78, 5) is 0. The molecule has 2 aromatic rings. The van der Waals surface area contributed by atoms with Gasteiger partial charge in [-0.3, -0.25) is 0 Å². The first-order valence-corrected chi connectivity index (χ1v) is 8.78. The lowest BCUT2D eigenvalue weighted by molar-refractivity contribution is 0.297. The van der Waals surface area contributed by atoms with Gasteiger partial charge in [-0.2, -0.15) is 0 Å². The van der Waals surface area contributed by atoms with Crippen LogP contribution in [0, 0.1) is 12.7 Å². The van der Waals surface area contributed by atoms with E-state index < -0.39 is 0 Å². The molecular weight excluding hydrogens is 337 g/mol. The molecule has 0 spiro atoms. The third-order valence-corrected chi connectivity index (χ3v) is 4.46. The molecule has 0 unspecified atom stereocenters. The first-order chi connectivity index (χ1) is 12.0. The quantitative estimate of drug-likeness (QED) is 0.718. The molecule has 0 amide bonds.